The molecule has 0 N–H and O–H groups in total. The zero-order valence-corrected chi connectivity index (χ0v) is 8.65. The van der Waals surface area contributed by atoms with Crippen molar-refractivity contribution < 1.29 is 29.0 Å². The molecule has 0 aliphatic heterocycles. The second kappa shape index (κ2) is 6.80. The fourth-order valence-electron chi connectivity index (χ4n) is 0.982. The molecule has 0 aromatic carbocycles. The molecule has 0 bridgehead atoms. The predicted octanol–water partition coefficient (Wildman–Crippen LogP) is -0.989. The van der Waals surface area contributed by atoms with Crippen molar-refractivity contribution in [3.8, 4) is 0 Å². The molecule has 0 amide bonds. The van der Waals surface area contributed by atoms with Crippen molar-refractivity contribution in [2.24, 2.45) is 0 Å². The van der Waals surface area contributed by atoms with E-state index < -0.39 is 30.4 Å². The van der Waals surface area contributed by atoms with Gasteiger partial charge in [0.2, 0.25) is 0 Å². The number of hydrogen-bond acceptors (Lipinski definition) is 6. The van der Waals surface area contributed by atoms with E-state index in [0.717, 1.165) is 6.92 Å². The molecule has 0 fully saturated rings. The maximum atomic E-state index is 11.0. The van der Waals surface area contributed by atoms with Crippen molar-refractivity contribution in [2.45, 2.75) is 32.8 Å². The van der Waals surface area contributed by atoms with Gasteiger partial charge < -0.3 is 19.4 Å². The summed E-state index contributed by atoms with van der Waals surface area (Å²) in [5, 5.41) is 10.3. The van der Waals surface area contributed by atoms with Crippen LogP contribution in [0.2, 0.25) is 0 Å². The fraction of sp³-hybridized carbons (Fsp3) is 0.667. The highest BCUT2D eigenvalue weighted by atomic mass is 16.6. The first-order valence-electron chi connectivity index (χ1n) is 4.48. The molecule has 0 aliphatic rings. The summed E-state index contributed by atoms with van der Waals surface area (Å²) in [5.74, 6) is -2.64. The van der Waals surface area contributed by atoms with Crippen molar-refractivity contribution >= 4 is 17.9 Å². The maximum absolute atomic E-state index is 11.0. The zero-order valence-electron chi connectivity index (χ0n) is 8.65. The van der Waals surface area contributed by atoms with Gasteiger partial charge in [0.05, 0.1) is 13.0 Å². The highest BCUT2D eigenvalue weighted by molar-refractivity contribution is 5.73. The van der Waals surface area contributed by atoms with Crippen molar-refractivity contribution in [1.29, 1.82) is 0 Å². The molecule has 0 radical (unpaired) electrons. The zero-order chi connectivity index (χ0) is 11.8. The van der Waals surface area contributed by atoms with Crippen LogP contribution in [0.15, 0.2) is 0 Å². The van der Waals surface area contributed by atoms with E-state index in [2.05, 4.69) is 9.47 Å². The minimum absolute atomic E-state index is 0.191. The molecule has 1 atom stereocenters. The topological polar surface area (TPSA) is 92.7 Å². The van der Waals surface area contributed by atoms with Gasteiger partial charge in [0.25, 0.3) is 0 Å². The van der Waals surface area contributed by atoms with Gasteiger partial charge in [0, 0.05) is 19.3 Å². The Morgan fingerprint density at radius 3 is 2.27 bits per heavy atom. The lowest BCUT2D eigenvalue weighted by Crippen LogP contribution is -2.31. The third kappa shape index (κ3) is 7.48. The highest BCUT2D eigenvalue weighted by Crippen LogP contribution is 2.05. The first-order chi connectivity index (χ1) is 6.95. The molecule has 0 rings (SSSR count). The Morgan fingerprint density at radius 2 is 1.87 bits per heavy atom. The summed E-state index contributed by atoms with van der Waals surface area (Å²) in [7, 11) is 0. The van der Waals surface area contributed by atoms with Gasteiger partial charge in [-0.3, -0.25) is 9.59 Å². The van der Waals surface area contributed by atoms with Crippen molar-refractivity contribution in [3.63, 3.8) is 0 Å². The number of hydrogen-bond donors (Lipinski definition) is 0. The van der Waals surface area contributed by atoms with E-state index in [1.165, 1.54) is 0 Å². The van der Waals surface area contributed by atoms with Gasteiger partial charge in [-0.1, -0.05) is 0 Å². The molecule has 0 heterocycles. The third-order valence-corrected chi connectivity index (χ3v) is 1.43. The average molecular weight is 217 g/mol. The summed E-state index contributed by atoms with van der Waals surface area (Å²) in [6.07, 6.45) is -1.81. The van der Waals surface area contributed by atoms with E-state index in [1.807, 2.05) is 0 Å². The molecule has 0 saturated heterocycles. The van der Waals surface area contributed by atoms with Crippen LogP contribution in [-0.2, 0) is 23.9 Å². The molecule has 1 unspecified atom stereocenters. The van der Waals surface area contributed by atoms with Crippen molar-refractivity contribution in [1.82, 2.24) is 0 Å². The molecular weight excluding hydrogens is 204 g/mol. The monoisotopic (exact) mass is 217 g/mol. The lowest BCUT2D eigenvalue weighted by molar-refractivity contribution is -0.307. The number of carbonyl (C=O) groups excluding carboxylic acids is 3. The van der Waals surface area contributed by atoms with Crippen LogP contribution in [0.4, 0.5) is 0 Å². The SMILES string of the molecule is CCOC(=O)CC(CC(=O)[O-])OC(C)=O. The van der Waals surface area contributed by atoms with E-state index >= 15 is 0 Å². The maximum Gasteiger partial charge on any atom is 0.309 e. The number of aliphatic carboxylic acids is 1. The Bertz CT molecular complexity index is 231. The van der Waals surface area contributed by atoms with Crippen LogP contribution in [0.3, 0.4) is 0 Å². The Hall–Kier alpha value is -1.59. The largest absolute Gasteiger partial charge is 0.550 e. The average Bonchev–Trinajstić information content (AvgIpc) is 2.00. The normalized spacial score (nSPS) is 11.6. The molecule has 0 aromatic rings. The minimum atomic E-state index is -1.38. The molecular formula is C9H13O6-. The number of esters is 2. The van der Waals surface area contributed by atoms with Gasteiger partial charge in [0.15, 0.2) is 0 Å². The number of carboxylic acids is 1. The van der Waals surface area contributed by atoms with Crippen LogP contribution in [0, 0.1) is 0 Å². The number of carbonyl (C=O) groups is 3. The lowest BCUT2D eigenvalue weighted by atomic mass is 10.2. The van der Waals surface area contributed by atoms with E-state index in [4.69, 9.17) is 0 Å². The summed E-state index contributed by atoms with van der Waals surface area (Å²) in [4.78, 5) is 31.9. The number of ether oxygens (including phenoxy) is 2. The van der Waals surface area contributed by atoms with Crippen LogP contribution in [0.1, 0.15) is 26.7 Å². The first kappa shape index (κ1) is 13.4. The van der Waals surface area contributed by atoms with Gasteiger partial charge in [-0.15, -0.1) is 0 Å². The summed E-state index contributed by atoms with van der Waals surface area (Å²) >= 11 is 0. The van der Waals surface area contributed by atoms with Crippen LogP contribution < -0.4 is 5.11 Å². The molecule has 0 aliphatic carbocycles. The Morgan fingerprint density at radius 1 is 1.27 bits per heavy atom. The van der Waals surface area contributed by atoms with Gasteiger partial charge in [-0.25, -0.2) is 0 Å². The Kier molecular flexibility index (Phi) is 6.08. The van der Waals surface area contributed by atoms with E-state index in [1.54, 1.807) is 6.92 Å². The van der Waals surface area contributed by atoms with E-state index in [9.17, 15) is 19.5 Å². The molecule has 6 heteroatoms. The standard InChI is InChI=1S/C9H14O6/c1-3-14-9(13)5-7(4-8(11)12)15-6(2)10/h7H,3-5H2,1-2H3,(H,11,12)/p-1. The van der Waals surface area contributed by atoms with Crippen LogP contribution in [0.25, 0.3) is 0 Å². The number of carboxylic acid groups (broad SMARTS) is 1. The van der Waals surface area contributed by atoms with E-state index in [-0.39, 0.29) is 13.0 Å². The molecule has 0 spiro atoms. The summed E-state index contributed by atoms with van der Waals surface area (Å²) < 4.78 is 9.21. The van der Waals surface area contributed by atoms with E-state index in [0.29, 0.717) is 0 Å². The summed E-state index contributed by atoms with van der Waals surface area (Å²) in [6, 6.07) is 0. The fourth-order valence-corrected chi connectivity index (χ4v) is 0.982. The van der Waals surface area contributed by atoms with Gasteiger partial charge >= 0.3 is 11.9 Å². The van der Waals surface area contributed by atoms with Crippen LogP contribution >= 0.6 is 0 Å². The molecule has 86 valence electrons. The molecule has 6 nitrogen and oxygen atoms in total. The van der Waals surface area contributed by atoms with Gasteiger partial charge in [-0.05, 0) is 6.92 Å². The van der Waals surface area contributed by atoms with Gasteiger partial charge in [0.1, 0.15) is 6.10 Å². The Balaban J connectivity index is 4.16. The third-order valence-electron chi connectivity index (χ3n) is 1.43. The second-order valence-corrected chi connectivity index (χ2v) is 2.82. The molecule has 15 heavy (non-hydrogen) atoms. The Labute approximate surface area is 87.2 Å². The highest BCUT2D eigenvalue weighted by Gasteiger charge is 2.17. The number of rotatable bonds is 6. The van der Waals surface area contributed by atoms with Gasteiger partial charge in [-0.2, -0.15) is 0 Å². The van der Waals surface area contributed by atoms with Crippen LogP contribution in [-0.4, -0.2) is 30.6 Å². The van der Waals surface area contributed by atoms with Crippen molar-refractivity contribution in [2.75, 3.05) is 6.61 Å². The lowest BCUT2D eigenvalue weighted by Gasteiger charge is -2.16. The smallest absolute Gasteiger partial charge is 0.309 e. The molecule has 0 aromatic heterocycles. The summed E-state index contributed by atoms with van der Waals surface area (Å²) in [6.45, 7) is 2.95. The molecule has 0 saturated carbocycles. The summed E-state index contributed by atoms with van der Waals surface area (Å²) in [5.41, 5.74) is 0. The minimum Gasteiger partial charge on any atom is -0.550 e. The quantitative estimate of drug-likeness (QED) is 0.530. The predicted molar refractivity (Wildman–Crippen MR) is 46.4 cm³/mol. The van der Waals surface area contributed by atoms with Crippen LogP contribution in [0.5, 0.6) is 0 Å². The first-order valence-corrected chi connectivity index (χ1v) is 4.48. The van der Waals surface area contributed by atoms with Crippen molar-refractivity contribution in [3.05, 3.63) is 0 Å². The second-order valence-electron chi connectivity index (χ2n) is 2.82.